The summed E-state index contributed by atoms with van der Waals surface area (Å²) in [5.74, 6) is -4.01. The summed E-state index contributed by atoms with van der Waals surface area (Å²) in [6.07, 6.45) is -15.8. The van der Waals surface area contributed by atoms with Gasteiger partial charge in [-0.05, 0) is 19.3 Å². The molecule has 3 amide bonds. The fourth-order valence-corrected chi connectivity index (χ4v) is 14.3. The number of carboxylic acid groups (broad SMARTS) is 1. The number of carboxylic acids is 1. The van der Waals surface area contributed by atoms with Gasteiger partial charge in [0.15, 0.2) is 30.8 Å². The number of hydrogen-bond acceptors (Lipinski definition) is 30. The van der Waals surface area contributed by atoms with E-state index >= 15 is 0 Å². The van der Waals surface area contributed by atoms with Crippen molar-refractivity contribution in [2.75, 3.05) is 46.2 Å². The van der Waals surface area contributed by atoms with Crippen LogP contribution in [0.2, 0.25) is 0 Å². The number of nitrogens with one attached hydrogen (secondary N) is 3. The lowest BCUT2D eigenvalue weighted by molar-refractivity contribution is -0.384. The van der Waals surface area contributed by atoms with Gasteiger partial charge in [-0.2, -0.15) is 0 Å². The van der Waals surface area contributed by atoms with E-state index in [1.54, 1.807) is 6.08 Å². The van der Waals surface area contributed by atoms with Crippen LogP contribution in [-0.4, -0.2) is 328 Å². The van der Waals surface area contributed by atoms with Gasteiger partial charge in [-0.1, -0.05) is 174 Å². The molecule has 0 bridgehead atoms. The summed E-state index contributed by atoms with van der Waals surface area (Å²) in [5, 5.41) is 196. The maximum absolute atomic E-state index is 13.6. The maximum atomic E-state index is 13.6. The van der Waals surface area contributed by atoms with Crippen molar-refractivity contribution in [3.05, 3.63) is 12.2 Å². The number of rotatable bonds is 52. The normalized spacial score (nSPS) is 34.6. The number of ether oxygens (including phenoxy) is 10. The third kappa shape index (κ3) is 29.2. The molecule has 20 N–H and O–H groups in total. The lowest BCUT2D eigenvalue weighted by Crippen LogP contribution is -2.71. The van der Waals surface area contributed by atoms with Crippen LogP contribution in [0.3, 0.4) is 0 Å². The quantitative estimate of drug-likeness (QED) is 0.0246. The molecular formula is C73H131N3O31. The lowest BCUT2D eigenvalue weighted by atomic mass is 9.83. The predicted octanol–water partition coefficient (Wildman–Crippen LogP) is -1.39. The molecule has 0 aliphatic carbocycles. The third-order valence-electron chi connectivity index (χ3n) is 20.7. The Kier molecular flexibility index (Phi) is 44.0. The molecule has 0 radical (unpaired) electrons. The molecule has 5 saturated heterocycles. The van der Waals surface area contributed by atoms with Crippen LogP contribution in [0.4, 0.5) is 0 Å². The summed E-state index contributed by atoms with van der Waals surface area (Å²) in [6, 6.07) is -4.62. The smallest absolute Gasteiger partial charge is 0.338 e. The Labute approximate surface area is 627 Å². The molecular weight excluding hydrogens is 1410 g/mol. The molecule has 34 heteroatoms. The second-order valence-electron chi connectivity index (χ2n) is 29.4. The molecule has 107 heavy (non-hydrogen) atoms. The number of unbranched alkanes of at least 4 members (excludes halogenated alkanes) is 24. The number of carbonyl (C=O) groups is 4. The van der Waals surface area contributed by atoms with Crippen molar-refractivity contribution in [2.24, 2.45) is 0 Å². The van der Waals surface area contributed by atoms with Crippen LogP contribution >= 0.6 is 0 Å². The molecule has 28 atom stereocenters. The maximum Gasteiger partial charge on any atom is 0.338 e. The summed E-state index contributed by atoms with van der Waals surface area (Å²) in [6.45, 7) is -0.725. The van der Waals surface area contributed by atoms with Crippen LogP contribution in [0.15, 0.2) is 12.2 Å². The highest BCUT2D eigenvalue weighted by Gasteiger charge is 2.60. The average molecular weight is 1550 g/mol. The van der Waals surface area contributed by atoms with E-state index in [1.807, 2.05) is 6.08 Å². The van der Waals surface area contributed by atoms with E-state index in [-0.39, 0.29) is 12.3 Å². The van der Waals surface area contributed by atoms with E-state index in [0.717, 1.165) is 65.2 Å². The van der Waals surface area contributed by atoms with E-state index in [2.05, 4.69) is 29.8 Å². The Bertz CT molecular complexity index is 2500. The van der Waals surface area contributed by atoms with Crippen molar-refractivity contribution in [1.29, 1.82) is 0 Å². The van der Waals surface area contributed by atoms with Gasteiger partial charge >= 0.3 is 5.97 Å². The van der Waals surface area contributed by atoms with Crippen molar-refractivity contribution in [2.45, 2.75) is 378 Å². The first kappa shape index (κ1) is 94.2. The topological polar surface area (TPSA) is 541 Å². The average Bonchev–Trinajstić information content (AvgIpc) is 0.784. The van der Waals surface area contributed by atoms with Crippen molar-refractivity contribution < 1.29 is 153 Å². The molecule has 0 saturated carbocycles. The molecule has 5 heterocycles. The molecule has 5 fully saturated rings. The van der Waals surface area contributed by atoms with Gasteiger partial charge < -0.3 is 150 Å². The summed E-state index contributed by atoms with van der Waals surface area (Å²) in [5.41, 5.74) is -2.86. The zero-order valence-electron chi connectivity index (χ0n) is 62.8. The minimum atomic E-state index is -2.86. The highest BCUT2D eigenvalue weighted by Crippen LogP contribution is 2.39. The number of aliphatic carboxylic acids is 1. The van der Waals surface area contributed by atoms with E-state index in [0.29, 0.717) is 12.8 Å². The van der Waals surface area contributed by atoms with Crippen molar-refractivity contribution >= 4 is 23.7 Å². The van der Waals surface area contributed by atoms with Crippen molar-refractivity contribution in [3.8, 4) is 0 Å². The summed E-state index contributed by atoms with van der Waals surface area (Å²) >= 11 is 0. The van der Waals surface area contributed by atoms with Gasteiger partial charge in [-0.15, -0.1) is 0 Å². The fraction of sp³-hybridized carbons (Fsp3) is 0.918. The zero-order chi connectivity index (χ0) is 78.8. The number of hydrogen-bond donors (Lipinski definition) is 20. The van der Waals surface area contributed by atoms with E-state index in [1.165, 1.54) is 103 Å². The predicted molar refractivity (Wildman–Crippen MR) is 379 cm³/mol. The fourth-order valence-electron chi connectivity index (χ4n) is 14.3. The summed E-state index contributed by atoms with van der Waals surface area (Å²) in [4.78, 5) is 52.6. The molecule has 5 aliphatic rings. The first-order chi connectivity index (χ1) is 51.3. The van der Waals surface area contributed by atoms with Crippen molar-refractivity contribution in [1.82, 2.24) is 16.0 Å². The molecule has 5 aliphatic heterocycles. The van der Waals surface area contributed by atoms with Gasteiger partial charge in [0.2, 0.25) is 17.7 Å². The van der Waals surface area contributed by atoms with Crippen LogP contribution in [0, 0.1) is 0 Å². The molecule has 34 nitrogen and oxygen atoms in total. The third-order valence-corrected chi connectivity index (χ3v) is 20.7. The van der Waals surface area contributed by atoms with E-state index < -0.39 is 241 Å². The number of amides is 3. The number of carbonyl (C=O) groups excluding carboxylic acids is 3. The van der Waals surface area contributed by atoms with Crippen molar-refractivity contribution in [3.63, 3.8) is 0 Å². The molecule has 0 aromatic carbocycles. The van der Waals surface area contributed by atoms with Crippen LogP contribution in [-0.2, 0) is 66.5 Å². The standard InChI is InChI=1S/C73H131N3O31/c1-5-7-9-11-13-15-17-19-20-21-23-25-27-29-31-33-52(87)76-44(45(84)32-30-28-26-24-22-18-16-14-12-10-8-6-2)40-98-69-61(94)59(92)63(50(38-80)102-69)104-71-62(95)67(99-41-73(72(96)97)34-46(85)53(74-42(3)82)66(107-73)55(88)47(86)35-77)64(51(39-81)103-71)105-68-54(75-43(4)83)65(57(90)49(37-79)100-68)106-70-60(93)58(91)56(89)48(36-78)101-70/h30,32,44-51,53-71,77-81,84-86,88-95H,5-29,31,33-41H2,1-4H3,(H,74,82)(H,75,83)(H,76,87)(H,96,97)/b32-30+/t44?,45?,46-,47?,48+,49+,50+,51+,53+,54+,55?,56-,57-,58-,59+,60+,61+,62+,63?,64-,65+,66+,67+,68-,69+,70-,71-,73-/m0/s1. The second-order valence-corrected chi connectivity index (χ2v) is 29.4. The Morgan fingerprint density at radius 1 is 0.486 bits per heavy atom. The highest BCUT2D eigenvalue weighted by atomic mass is 16.8. The Balaban J connectivity index is 1.39. The monoisotopic (exact) mass is 1550 g/mol. The van der Waals surface area contributed by atoms with Crippen LogP contribution in [0.1, 0.15) is 207 Å². The molecule has 5 unspecified atom stereocenters. The molecule has 0 spiro atoms. The Morgan fingerprint density at radius 2 is 0.935 bits per heavy atom. The second kappa shape index (κ2) is 49.9. The lowest BCUT2D eigenvalue weighted by Gasteiger charge is -2.51. The number of aliphatic hydroxyl groups is 16. The Hall–Kier alpha value is -3.42. The SMILES string of the molecule is CCCCCCCCCCCC/C=C/C(O)C(CO[C@@H]1O[C@H](CO)C(O[C@@H]2O[C@H](CO)[C@H](O[C@@H]3O[C@H](CO)[C@H](O)[C@H](O[C@@H]4O[C@H](CO)[C@H](O)[C@H](O)[C@H]4O)[C@H]3NC(C)=O)[C@H](OC[C@]3(C(=O)O)C[C@H](O)[C@@H](NC(C)=O)[C@H](C(O)C(O)CO)O3)[C@H]2O)[C@H](O)[C@H]1O)NC(=O)CCCCCCCCCCCCCCCCC. The van der Waals surface area contributed by atoms with E-state index in [9.17, 15) is 106 Å². The summed E-state index contributed by atoms with van der Waals surface area (Å²) in [7, 11) is 0. The van der Waals surface area contributed by atoms with Gasteiger partial charge in [-0.3, -0.25) is 14.4 Å². The van der Waals surface area contributed by atoms with E-state index in [4.69, 9.17) is 47.4 Å². The minimum absolute atomic E-state index is 0.143. The van der Waals surface area contributed by atoms with Gasteiger partial charge in [0, 0.05) is 26.7 Å². The van der Waals surface area contributed by atoms with Crippen LogP contribution < -0.4 is 16.0 Å². The number of allylic oxidation sites excluding steroid dienone is 1. The van der Waals surface area contributed by atoms with Crippen LogP contribution in [0.5, 0.6) is 0 Å². The van der Waals surface area contributed by atoms with Crippen LogP contribution in [0.25, 0.3) is 0 Å². The summed E-state index contributed by atoms with van der Waals surface area (Å²) < 4.78 is 60.2. The molecule has 624 valence electrons. The molecule has 0 aromatic heterocycles. The Morgan fingerprint density at radius 3 is 1.46 bits per heavy atom. The highest BCUT2D eigenvalue weighted by molar-refractivity contribution is 5.78. The molecule has 0 aromatic rings. The minimum Gasteiger partial charge on any atom is -0.479 e. The molecule has 5 rings (SSSR count). The zero-order valence-corrected chi connectivity index (χ0v) is 62.8. The van der Waals surface area contributed by atoms with Gasteiger partial charge in [0.25, 0.3) is 0 Å². The van der Waals surface area contributed by atoms with Gasteiger partial charge in [-0.25, -0.2) is 4.79 Å². The first-order valence-electron chi connectivity index (χ1n) is 39.0. The van der Waals surface area contributed by atoms with Gasteiger partial charge in [0.05, 0.1) is 70.5 Å². The largest absolute Gasteiger partial charge is 0.479 e. The van der Waals surface area contributed by atoms with Gasteiger partial charge in [0.1, 0.15) is 116 Å². The number of aliphatic hydroxyl groups excluding tert-OH is 16. The first-order valence-corrected chi connectivity index (χ1v) is 39.0.